The SMILES string of the molecule is O=C(c1sccc1S(=O)(=O)N1CCCC1)N1Cc2ccccc2-c2ccccc2C1. The van der Waals surface area contributed by atoms with Gasteiger partial charge in [-0.1, -0.05) is 48.5 Å². The number of fused-ring (bicyclic) bond motifs is 3. The number of rotatable bonds is 3. The second-order valence-electron chi connectivity index (χ2n) is 7.70. The minimum absolute atomic E-state index is 0.144. The van der Waals surface area contributed by atoms with E-state index in [9.17, 15) is 13.2 Å². The number of nitrogens with zero attached hydrogens (tertiary/aromatic N) is 2. The van der Waals surface area contributed by atoms with Crippen molar-refractivity contribution in [3.63, 3.8) is 0 Å². The number of hydrogen-bond donors (Lipinski definition) is 0. The molecule has 0 saturated carbocycles. The van der Waals surface area contributed by atoms with Crippen molar-refractivity contribution in [2.24, 2.45) is 0 Å². The van der Waals surface area contributed by atoms with Crippen LogP contribution in [-0.4, -0.2) is 36.6 Å². The van der Waals surface area contributed by atoms with Crippen LogP contribution in [0, 0.1) is 0 Å². The van der Waals surface area contributed by atoms with Crippen LogP contribution in [0.4, 0.5) is 0 Å². The molecule has 1 amide bonds. The molecule has 5 rings (SSSR count). The zero-order valence-corrected chi connectivity index (χ0v) is 18.1. The highest BCUT2D eigenvalue weighted by atomic mass is 32.2. The number of carbonyl (C=O) groups excluding carboxylic acids is 1. The molecule has 3 aromatic rings. The Labute approximate surface area is 180 Å². The quantitative estimate of drug-likeness (QED) is 0.611. The molecule has 2 aromatic carbocycles. The molecule has 5 nitrogen and oxygen atoms in total. The van der Waals surface area contributed by atoms with E-state index in [1.165, 1.54) is 15.6 Å². The predicted octanol–water partition coefficient (Wildman–Crippen LogP) is 4.36. The van der Waals surface area contributed by atoms with E-state index in [1.54, 1.807) is 16.3 Å². The van der Waals surface area contributed by atoms with Gasteiger partial charge in [0, 0.05) is 26.2 Å². The van der Waals surface area contributed by atoms with Crippen LogP contribution in [0.1, 0.15) is 33.6 Å². The average Bonchev–Trinajstić information content (AvgIpc) is 3.44. The highest BCUT2D eigenvalue weighted by Crippen LogP contribution is 2.35. The second-order valence-corrected chi connectivity index (χ2v) is 10.5. The second kappa shape index (κ2) is 7.65. The minimum atomic E-state index is -3.64. The first kappa shape index (κ1) is 19.5. The first-order valence-electron chi connectivity index (χ1n) is 10.1. The number of amides is 1. The average molecular weight is 439 g/mol. The number of benzene rings is 2. The summed E-state index contributed by atoms with van der Waals surface area (Å²) in [5.41, 5.74) is 4.38. The fraction of sp³-hybridized carbons (Fsp3) is 0.261. The lowest BCUT2D eigenvalue weighted by Crippen LogP contribution is -2.32. The molecule has 1 saturated heterocycles. The Morgan fingerprint density at radius 2 is 1.40 bits per heavy atom. The molecule has 2 aliphatic rings. The standard InChI is InChI=1S/C23H22N2O3S2/c26-23(22-21(11-14-29-22)30(27,28)25-12-5-6-13-25)24-15-17-7-1-3-9-19(17)20-10-4-2-8-18(20)16-24/h1-4,7-11,14H,5-6,12-13,15-16H2. The monoisotopic (exact) mass is 438 g/mol. The normalized spacial score (nSPS) is 16.7. The molecular weight excluding hydrogens is 416 g/mol. The van der Waals surface area contributed by atoms with Crippen molar-refractivity contribution in [2.45, 2.75) is 30.8 Å². The Hall–Kier alpha value is -2.48. The van der Waals surface area contributed by atoms with E-state index in [2.05, 4.69) is 12.1 Å². The minimum Gasteiger partial charge on any atom is -0.329 e. The highest BCUT2D eigenvalue weighted by molar-refractivity contribution is 7.89. The first-order valence-corrected chi connectivity index (χ1v) is 12.4. The van der Waals surface area contributed by atoms with Gasteiger partial charge in [0.15, 0.2) is 0 Å². The largest absolute Gasteiger partial charge is 0.329 e. The summed E-state index contributed by atoms with van der Waals surface area (Å²) in [5, 5.41) is 1.70. The summed E-state index contributed by atoms with van der Waals surface area (Å²) in [6.07, 6.45) is 1.73. The van der Waals surface area contributed by atoms with Gasteiger partial charge in [0.25, 0.3) is 5.91 Å². The third-order valence-electron chi connectivity index (χ3n) is 5.84. The van der Waals surface area contributed by atoms with Gasteiger partial charge in [-0.05, 0) is 46.5 Å². The molecule has 0 bridgehead atoms. The van der Waals surface area contributed by atoms with Crippen molar-refractivity contribution in [1.29, 1.82) is 0 Å². The van der Waals surface area contributed by atoms with E-state index >= 15 is 0 Å². The smallest absolute Gasteiger partial charge is 0.265 e. The fourth-order valence-electron chi connectivity index (χ4n) is 4.32. The third-order valence-corrected chi connectivity index (χ3v) is 8.81. The van der Waals surface area contributed by atoms with Crippen molar-refractivity contribution < 1.29 is 13.2 Å². The Balaban J connectivity index is 1.54. The summed E-state index contributed by atoms with van der Waals surface area (Å²) in [7, 11) is -3.64. The molecule has 1 aromatic heterocycles. The summed E-state index contributed by atoms with van der Waals surface area (Å²) in [6.45, 7) is 1.95. The summed E-state index contributed by atoms with van der Waals surface area (Å²) in [4.78, 5) is 15.8. The van der Waals surface area contributed by atoms with Crippen LogP contribution < -0.4 is 0 Å². The lowest BCUT2D eigenvalue weighted by molar-refractivity contribution is 0.0733. The molecule has 30 heavy (non-hydrogen) atoms. The van der Waals surface area contributed by atoms with Crippen molar-refractivity contribution in [1.82, 2.24) is 9.21 Å². The molecule has 154 valence electrons. The predicted molar refractivity (Wildman–Crippen MR) is 118 cm³/mol. The molecule has 0 unspecified atom stereocenters. The van der Waals surface area contributed by atoms with E-state index in [-0.39, 0.29) is 10.8 Å². The summed E-state index contributed by atoms with van der Waals surface area (Å²) in [6, 6.07) is 17.8. The Morgan fingerprint density at radius 3 is 2.00 bits per heavy atom. The lowest BCUT2D eigenvalue weighted by Gasteiger charge is -2.22. The third kappa shape index (κ3) is 3.27. The van der Waals surface area contributed by atoms with E-state index < -0.39 is 10.0 Å². The van der Waals surface area contributed by atoms with Crippen LogP contribution in [0.5, 0.6) is 0 Å². The Kier molecular flexibility index (Phi) is 4.97. The van der Waals surface area contributed by atoms with Crippen LogP contribution >= 0.6 is 11.3 Å². The van der Waals surface area contributed by atoms with Gasteiger partial charge in [0.05, 0.1) is 0 Å². The maximum absolute atomic E-state index is 13.6. The van der Waals surface area contributed by atoms with Gasteiger partial charge in [-0.15, -0.1) is 11.3 Å². The maximum atomic E-state index is 13.6. The van der Waals surface area contributed by atoms with Gasteiger partial charge >= 0.3 is 0 Å². The van der Waals surface area contributed by atoms with Gasteiger partial charge in [-0.25, -0.2) is 8.42 Å². The molecule has 2 aliphatic heterocycles. The fourth-order valence-corrected chi connectivity index (χ4v) is 7.20. The van der Waals surface area contributed by atoms with Crippen LogP contribution in [-0.2, 0) is 23.1 Å². The molecule has 0 radical (unpaired) electrons. The molecule has 0 N–H and O–H groups in total. The molecule has 0 atom stereocenters. The number of sulfonamides is 1. The number of carbonyl (C=O) groups is 1. The first-order chi connectivity index (χ1) is 14.6. The molecule has 3 heterocycles. The highest BCUT2D eigenvalue weighted by Gasteiger charge is 2.34. The van der Waals surface area contributed by atoms with E-state index in [0.29, 0.717) is 31.1 Å². The summed E-state index contributed by atoms with van der Waals surface area (Å²) in [5.74, 6) is -0.228. The molecule has 1 fully saturated rings. The van der Waals surface area contributed by atoms with E-state index in [1.807, 2.05) is 36.4 Å². The molecule has 0 spiro atoms. The topological polar surface area (TPSA) is 57.7 Å². The molecular formula is C23H22N2O3S2. The van der Waals surface area contributed by atoms with Gasteiger partial charge < -0.3 is 4.90 Å². The van der Waals surface area contributed by atoms with Crippen LogP contribution in [0.3, 0.4) is 0 Å². The molecule has 0 aliphatic carbocycles. The zero-order chi connectivity index (χ0) is 20.7. The van der Waals surface area contributed by atoms with Crippen molar-refractivity contribution in [3.05, 3.63) is 76.0 Å². The van der Waals surface area contributed by atoms with Crippen LogP contribution in [0.2, 0.25) is 0 Å². The number of thiophene rings is 1. The maximum Gasteiger partial charge on any atom is 0.265 e. The Morgan fingerprint density at radius 1 is 0.833 bits per heavy atom. The summed E-state index contributed by atoms with van der Waals surface area (Å²) >= 11 is 1.21. The summed E-state index contributed by atoms with van der Waals surface area (Å²) < 4.78 is 27.8. The molecule has 7 heteroatoms. The zero-order valence-electron chi connectivity index (χ0n) is 16.5. The van der Waals surface area contributed by atoms with E-state index in [4.69, 9.17) is 0 Å². The Bertz CT molecular complexity index is 1160. The van der Waals surface area contributed by atoms with Crippen LogP contribution in [0.15, 0.2) is 64.9 Å². The van der Waals surface area contributed by atoms with Crippen molar-refractivity contribution >= 4 is 27.3 Å². The number of hydrogen-bond acceptors (Lipinski definition) is 4. The van der Waals surface area contributed by atoms with Gasteiger partial charge in [0.1, 0.15) is 9.77 Å². The van der Waals surface area contributed by atoms with Gasteiger partial charge in [-0.3, -0.25) is 4.79 Å². The van der Waals surface area contributed by atoms with Gasteiger partial charge in [0.2, 0.25) is 10.0 Å². The van der Waals surface area contributed by atoms with Crippen molar-refractivity contribution in [2.75, 3.05) is 13.1 Å². The lowest BCUT2D eigenvalue weighted by atomic mass is 9.97. The van der Waals surface area contributed by atoms with Crippen LogP contribution in [0.25, 0.3) is 11.1 Å². The van der Waals surface area contributed by atoms with E-state index in [0.717, 1.165) is 35.1 Å². The van der Waals surface area contributed by atoms with Gasteiger partial charge in [-0.2, -0.15) is 4.31 Å². The van der Waals surface area contributed by atoms with Crippen molar-refractivity contribution in [3.8, 4) is 11.1 Å².